The van der Waals surface area contributed by atoms with Crippen LogP contribution in [0, 0.1) is 0 Å². The van der Waals surface area contributed by atoms with Crippen molar-refractivity contribution in [3.8, 4) is 0 Å². The van der Waals surface area contributed by atoms with E-state index in [1.807, 2.05) is 0 Å². The van der Waals surface area contributed by atoms with Gasteiger partial charge in [-0.15, -0.1) is 0 Å². The van der Waals surface area contributed by atoms with Gasteiger partial charge in [-0.2, -0.15) is 0 Å². The lowest BCUT2D eigenvalue weighted by atomic mass is 10.3. The first kappa shape index (κ1) is 14.1. The number of carboxylic acids is 1. The molecule has 1 aromatic rings. The Morgan fingerprint density at radius 3 is 2.47 bits per heavy atom. The number of carboxylic acid groups (broad SMARTS) is 1. The molecule has 0 unspecified atom stereocenters. The SMILES string of the molecule is O=C(O)CCS(=O)(=O)Nc1ccc(Cl)c(Cl)c1. The summed E-state index contributed by atoms with van der Waals surface area (Å²) in [5.74, 6) is -1.67. The maximum Gasteiger partial charge on any atom is 0.304 e. The van der Waals surface area contributed by atoms with E-state index in [1.165, 1.54) is 18.2 Å². The molecule has 0 saturated carbocycles. The number of anilines is 1. The Hall–Kier alpha value is -0.980. The number of nitrogens with one attached hydrogen (secondary N) is 1. The van der Waals surface area contributed by atoms with E-state index in [0.717, 1.165) is 0 Å². The normalized spacial score (nSPS) is 11.2. The van der Waals surface area contributed by atoms with Gasteiger partial charge in [-0.05, 0) is 18.2 Å². The van der Waals surface area contributed by atoms with Crippen LogP contribution in [0.25, 0.3) is 0 Å². The van der Waals surface area contributed by atoms with Crippen LogP contribution in [0.2, 0.25) is 10.0 Å². The molecule has 2 N–H and O–H groups in total. The van der Waals surface area contributed by atoms with Crippen molar-refractivity contribution in [1.29, 1.82) is 0 Å². The van der Waals surface area contributed by atoms with Crippen molar-refractivity contribution in [3.05, 3.63) is 28.2 Å². The average Bonchev–Trinajstić information content (AvgIpc) is 2.21. The number of hydrogen-bond donors (Lipinski definition) is 2. The second-order valence-electron chi connectivity index (χ2n) is 3.19. The van der Waals surface area contributed by atoms with Crippen LogP contribution in [-0.4, -0.2) is 25.2 Å². The first-order valence-electron chi connectivity index (χ1n) is 4.47. The molecule has 0 aromatic heterocycles. The molecule has 1 aromatic carbocycles. The van der Waals surface area contributed by atoms with Gasteiger partial charge in [-0.1, -0.05) is 23.2 Å². The predicted molar refractivity (Wildman–Crippen MR) is 66.1 cm³/mol. The van der Waals surface area contributed by atoms with Gasteiger partial charge < -0.3 is 5.11 Å². The van der Waals surface area contributed by atoms with E-state index in [9.17, 15) is 13.2 Å². The second-order valence-corrected chi connectivity index (χ2v) is 5.85. The fourth-order valence-corrected chi connectivity index (χ4v) is 2.34. The van der Waals surface area contributed by atoms with Gasteiger partial charge in [-0.25, -0.2) is 8.42 Å². The van der Waals surface area contributed by atoms with Crippen molar-refractivity contribution >= 4 is 44.9 Å². The minimum Gasteiger partial charge on any atom is -0.481 e. The van der Waals surface area contributed by atoms with Crippen LogP contribution in [0.15, 0.2) is 18.2 Å². The van der Waals surface area contributed by atoms with Crippen molar-refractivity contribution in [2.45, 2.75) is 6.42 Å². The van der Waals surface area contributed by atoms with E-state index in [-0.39, 0.29) is 10.7 Å². The van der Waals surface area contributed by atoms with Gasteiger partial charge in [0.25, 0.3) is 0 Å². The van der Waals surface area contributed by atoms with E-state index in [2.05, 4.69) is 4.72 Å². The number of hydrogen-bond acceptors (Lipinski definition) is 3. The maximum atomic E-state index is 11.5. The molecule has 0 heterocycles. The summed E-state index contributed by atoms with van der Waals surface area (Å²) < 4.78 is 25.1. The molecule has 0 spiro atoms. The predicted octanol–water partition coefficient (Wildman–Crippen LogP) is 2.21. The Kier molecular flexibility index (Phi) is 4.62. The zero-order chi connectivity index (χ0) is 13.1. The molecule has 1 rings (SSSR count). The fraction of sp³-hybridized carbons (Fsp3) is 0.222. The molecule has 8 heteroatoms. The molecular formula is C9H9Cl2NO4S. The van der Waals surface area contributed by atoms with Crippen LogP contribution in [0.3, 0.4) is 0 Å². The molecule has 0 fully saturated rings. The number of halogens is 2. The minimum absolute atomic E-state index is 0.213. The first-order valence-corrected chi connectivity index (χ1v) is 6.88. The lowest BCUT2D eigenvalue weighted by molar-refractivity contribution is -0.136. The summed E-state index contributed by atoms with van der Waals surface area (Å²) in [6, 6.07) is 4.23. The number of carbonyl (C=O) groups is 1. The molecular weight excluding hydrogens is 289 g/mol. The molecule has 94 valence electrons. The molecule has 0 aliphatic heterocycles. The molecule has 5 nitrogen and oxygen atoms in total. The Balaban J connectivity index is 2.76. The topological polar surface area (TPSA) is 83.5 Å². The molecule has 0 aliphatic carbocycles. The van der Waals surface area contributed by atoms with Crippen LogP contribution >= 0.6 is 23.2 Å². The third-order valence-electron chi connectivity index (χ3n) is 1.78. The third-order valence-corrected chi connectivity index (χ3v) is 3.80. The lowest BCUT2D eigenvalue weighted by Gasteiger charge is -2.07. The first-order chi connectivity index (χ1) is 7.80. The molecule has 0 saturated heterocycles. The van der Waals surface area contributed by atoms with Gasteiger partial charge in [0.1, 0.15) is 0 Å². The van der Waals surface area contributed by atoms with Gasteiger partial charge in [-0.3, -0.25) is 9.52 Å². The standard InChI is InChI=1S/C9H9Cl2NO4S/c10-7-2-1-6(5-8(7)11)12-17(15,16)4-3-9(13)14/h1-2,5,12H,3-4H2,(H,13,14). The summed E-state index contributed by atoms with van der Waals surface area (Å²) >= 11 is 11.4. The van der Waals surface area contributed by atoms with Crippen molar-refractivity contribution in [3.63, 3.8) is 0 Å². The Labute approximate surface area is 108 Å². The quantitative estimate of drug-likeness (QED) is 0.873. The Morgan fingerprint density at radius 2 is 1.94 bits per heavy atom. The summed E-state index contributed by atoms with van der Waals surface area (Å²) in [4.78, 5) is 10.3. The third kappa shape index (κ3) is 4.80. The van der Waals surface area contributed by atoms with Crippen LogP contribution in [0.1, 0.15) is 6.42 Å². The lowest BCUT2D eigenvalue weighted by Crippen LogP contribution is -2.18. The number of rotatable bonds is 5. The molecule has 0 bridgehead atoms. The van der Waals surface area contributed by atoms with Gasteiger partial charge in [0, 0.05) is 0 Å². The smallest absolute Gasteiger partial charge is 0.304 e. The zero-order valence-electron chi connectivity index (χ0n) is 8.48. The van der Waals surface area contributed by atoms with Crippen molar-refractivity contribution < 1.29 is 18.3 Å². The highest BCUT2D eigenvalue weighted by Gasteiger charge is 2.13. The minimum atomic E-state index is -3.69. The largest absolute Gasteiger partial charge is 0.481 e. The average molecular weight is 298 g/mol. The Bertz CT molecular complexity index is 530. The van der Waals surface area contributed by atoms with Crippen LogP contribution in [0.5, 0.6) is 0 Å². The maximum absolute atomic E-state index is 11.5. The summed E-state index contributed by atoms with van der Waals surface area (Å²) in [6.07, 6.45) is -0.462. The van der Waals surface area contributed by atoms with E-state index in [4.69, 9.17) is 28.3 Å². The van der Waals surface area contributed by atoms with Gasteiger partial charge in [0.15, 0.2) is 0 Å². The fourth-order valence-electron chi connectivity index (χ4n) is 1.01. The highest BCUT2D eigenvalue weighted by Crippen LogP contribution is 2.25. The van der Waals surface area contributed by atoms with Gasteiger partial charge >= 0.3 is 5.97 Å². The van der Waals surface area contributed by atoms with Crippen molar-refractivity contribution in [1.82, 2.24) is 0 Å². The molecule has 0 radical (unpaired) electrons. The molecule has 0 atom stereocenters. The summed E-state index contributed by atoms with van der Waals surface area (Å²) in [5, 5.41) is 8.91. The monoisotopic (exact) mass is 297 g/mol. The van der Waals surface area contributed by atoms with E-state index >= 15 is 0 Å². The summed E-state index contributed by atoms with van der Waals surface area (Å²) in [7, 11) is -3.69. The Morgan fingerprint density at radius 1 is 1.29 bits per heavy atom. The van der Waals surface area contributed by atoms with Gasteiger partial charge in [0.05, 0.1) is 27.9 Å². The second kappa shape index (κ2) is 5.57. The summed E-state index contributed by atoms with van der Waals surface area (Å²) in [5.41, 5.74) is 0.241. The number of benzene rings is 1. The van der Waals surface area contributed by atoms with Crippen LogP contribution in [0.4, 0.5) is 5.69 Å². The van der Waals surface area contributed by atoms with Gasteiger partial charge in [0.2, 0.25) is 10.0 Å². The van der Waals surface area contributed by atoms with Crippen LogP contribution in [-0.2, 0) is 14.8 Å². The molecule has 0 aliphatic rings. The van der Waals surface area contributed by atoms with Crippen molar-refractivity contribution in [2.24, 2.45) is 0 Å². The number of sulfonamides is 1. The molecule has 0 amide bonds. The van der Waals surface area contributed by atoms with E-state index in [0.29, 0.717) is 5.02 Å². The molecule has 17 heavy (non-hydrogen) atoms. The van der Waals surface area contributed by atoms with Crippen molar-refractivity contribution in [2.75, 3.05) is 10.5 Å². The van der Waals surface area contributed by atoms with E-state index < -0.39 is 28.2 Å². The highest BCUT2D eigenvalue weighted by atomic mass is 35.5. The number of aliphatic carboxylic acids is 1. The van der Waals surface area contributed by atoms with Crippen LogP contribution < -0.4 is 4.72 Å². The zero-order valence-corrected chi connectivity index (χ0v) is 10.8. The highest BCUT2D eigenvalue weighted by molar-refractivity contribution is 7.92. The summed E-state index contributed by atoms with van der Waals surface area (Å²) in [6.45, 7) is 0. The van der Waals surface area contributed by atoms with E-state index in [1.54, 1.807) is 0 Å².